The second-order valence-corrected chi connectivity index (χ2v) is 5.33. The van der Waals surface area contributed by atoms with Crippen molar-refractivity contribution in [3.05, 3.63) is 59.5 Å². The molecule has 2 heterocycles. The Balaban J connectivity index is 1.66. The first-order chi connectivity index (χ1) is 12.3. The van der Waals surface area contributed by atoms with Crippen LogP contribution in [0.2, 0.25) is 0 Å². The van der Waals surface area contributed by atoms with Crippen LogP contribution >= 0.6 is 0 Å². The first-order valence-electron chi connectivity index (χ1n) is 7.42. The molecule has 0 aliphatic heterocycles. The lowest BCUT2D eigenvalue weighted by molar-refractivity contribution is -0.141. The molecule has 7 nitrogen and oxygen atoms in total. The molecule has 1 aromatic carbocycles. The van der Waals surface area contributed by atoms with Crippen LogP contribution < -0.4 is 5.73 Å². The van der Waals surface area contributed by atoms with Gasteiger partial charge in [-0.15, -0.1) is 0 Å². The molecule has 0 aliphatic carbocycles. The van der Waals surface area contributed by atoms with Crippen LogP contribution in [-0.4, -0.2) is 20.8 Å². The van der Waals surface area contributed by atoms with E-state index in [2.05, 4.69) is 15.4 Å². The maximum atomic E-state index is 12.7. The Labute approximate surface area is 145 Å². The summed E-state index contributed by atoms with van der Waals surface area (Å²) in [4.78, 5) is 5.05. The lowest BCUT2D eigenvalue weighted by Crippen LogP contribution is -2.18. The van der Waals surface area contributed by atoms with E-state index in [1.54, 1.807) is 6.07 Å². The van der Waals surface area contributed by atoms with Crippen LogP contribution in [0.3, 0.4) is 0 Å². The van der Waals surface area contributed by atoms with E-state index in [4.69, 9.17) is 15.1 Å². The fourth-order valence-corrected chi connectivity index (χ4v) is 2.18. The normalized spacial score (nSPS) is 12.4. The van der Waals surface area contributed by atoms with Gasteiger partial charge in [0, 0.05) is 18.7 Å². The van der Waals surface area contributed by atoms with Gasteiger partial charge in [-0.1, -0.05) is 40.6 Å². The number of aryl methyl sites for hydroxylation is 1. The number of nitrogens with zero attached hydrogens (tertiary/aromatic N) is 4. The summed E-state index contributed by atoms with van der Waals surface area (Å²) < 4.78 is 44.1. The summed E-state index contributed by atoms with van der Waals surface area (Å²) in [6.07, 6.45) is -4.56. The average molecular weight is 365 g/mol. The molecule has 136 valence electrons. The van der Waals surface area contributed by atoms with Crippen molar-refractivity contribution in [2.45, 2.75) is 12.8 Å². The molecule has 0 saturated heterocycles. The Morgan fingerprint density at radius 1 is 1.27 bits per heavy atom. The van der Waals surface area contributed by atoms with Gasteiger partial charge in [0.05, 0.1) is 0 Å². The lowest BCUT2D eigenvalue weighted by Gasteiger charge is -2.00. The largest absolute Gasteiger partial charge is 0.435 e. The molecule has 0 bridgehead atoms. The number of halogens is 3. The minimum Gasteiger partial charge on any atom is -0.387 e. The summed E-state index contributed by atoms with van der Waals surface area (Å²) in [6, 6.07) is 11.8. The SMILES string of the molecule is Cn1nc(C(F)(F)F)cc1/C(N)=N/OCc1cc(-c2ccccc2)on1. The molecule has 0 atom stereocenters. The second kappa shape index (κ2) is 6.90. The Morgan fingerprint density at radius 2 is 2.00 bits per heavy atom. The van der Waals surface area contributed by atoms with E-state index in [-0.39, 0.29) is 18.1 Å². The van der Waals surface area contributed by atoms with Crippen molar-refractivity contribution < 1.29 is 22.5 Å². The van der Waals surface area contributed by atoms with Gasteiger partial charge in [-0.05, 0) is 6.07 Å². The number of benzene rings is 1. The minimum absolute atomic E-state index is 0.0116. The van der Waals surface area contributed by atoms with Gasteiger partial charge in [0.15, 0.2) is 23.9 Å². The lowest BCUT2D eigenvalue weighted by atomic mass is 10.2. The molecule has 0 fully saturated rings. The third-order valence-corrected chi connectivity index (χ3v) is 3.43. The van der Waals surface area contributed by atoms with Crippen LogP contribution in [0.25, 0.3) is 11.3 Å². The van der Waals surface area contributed by atoms with E-state index in [0.717, 1.165) is 16.3 Å². The average Bonchev–Trinajstić information content (AvgIpc) is 3.22. The first-order valence-corrected chi connectivity index (χ1v) is 7.42. The third-order valence-electron chi connectivity index (χ3n) is 3.43. The summed E-state index contributed by atoms with van der Waals surface area (Å²) in [7, 11) is 1.33. The highest BCUT2D eigenvalue weighted by atomic mass is 19.4. The van der Waals surface area contributed by atoms with Crippen molar-refractivity contribution in [3.63, 3.8) is 0 Å². The molecule has 2 N–H and O–H groups in total. The summed E-state index contributed by atoms with van der Waals surface area (Å²) in [5, 5.41) is 10.8. The predicted octanol–water partition coefficient (Wildman–Crippen LogP) is 2.93. The van der Waals surface area contributed by atoms with Gasteiger partial charge in [-0.3, -0.25) is 4.68 Å². The Morgan fingerprint density at radius 3 is 2.65 bits per heavy atom. The van der Waals surface area contributed by atoms with Gasteiger partial charge < -0.3 is 15.1 Å². The van der Waals surface area contributed by atoms with Crippen LogP contribution in [0.4, 0.5) is 13.2 Å². The summed E-state index contributed by atoms with van der Waals surface area (Å²) in [5.41, 5.74) is 5.91. The molecule has 3 aromatic rings. The molecule has 10 heteroatoms. The van der Waals surface area contributed by atoms with Gasteiger partial charge in [0.2, 0.25) is 0 Å². The molecule has 26 heavy (non-hydrogen) atoms. The fourth-order valence-electron chi connectivity index (χ4n) is 2.18. The van der Waals surface area contributed by atoms with E-state index in [1.807, 2.05) is 30.3 Å². The maximum Gasteiger partial charge on any atom is 0.435 e. The number of aromatic nitrogens is 3. The van der Waals surface area contributed by atoms with Gasteiger partial charge in [-0.25, -0.2) is 0 Å². The summed E-state index contributed by atoms with van der Waals surface area (Å²) >= 11 is 0. The zero-order valence-corrected chi connectivity index (χ0v) is 13.6. The highest BCUT2D eigenvalue weighted by Crippen LogP contribution is 2.28. The van der Waals surface area contributed by atoms with Crippen LogP contribution in [0, 0.1) is 0 Å². The topological polar surface area (TPSA) is 91.5 Å². The van der Waals surface area contributed by atoms with E-state index in [9.17, 15) is 13.2 Å². The Kier molecular flexibility index (Phi) is 4.65. The smallest absolute Gasteiger partial charge is 0.387 e. The van der Waals surface area contributed by atoms with Crippen molar-refractivity contribution in [1.82, 2.24) is 14.9 Å². The quantitative estimate of drug-likeness (QED) is 0.426. The number of hydrogen-bond acceptors (Lipinski definition) is 5. The Bertz CT molecular complexity index is 916. The molecular formula is C16H14F3N5O2. The first kappa shape index (κ1) is 17.5. The van der Waals surface area contributed by atoms with Gasteiger partial charge >= 0.3 is 6.18 Å². The maximum absolute atomic E-state index is 12.7. The van der Waals surface area contributed by atoms with Crippen molar-refractivity contribution in [2.75, 3.05) is 0 Å². The summed E-state index contributed by atoms with van der Waals surface area (Å²) in [6.45, 7) is -0.0546. The highest BCUT2D eigenvalue weighted by Gasteiger charge is 2.35. The number of alkyl halides is 3. The molecular weight excluding hydrogens is 351 g/mol. The zero-order valence-electron chi connectivity index (χ0n) is 13.6. The predicted molar refractivity (Wildman–Crippen MR) is 85.7 cm³/mol. The number of rotatable bonds is 5. The van der Waals surface area contributed by atoms with E-state index in [1.165, 1.54) is 7.05 Å². The second-order valence-electron chi connectivity index (χ2n) is 5.33. The number of oxime groups is 1. The van der Waals surface area contributed by atoms with Gasteiger partial charge in [-0.2, -0.15) is 18.3 Å². The number of hydrogen-bond donors (Lipinski definition) is 1. The molecule has 0 aliphatic rings. The number of amidine groups is 1. The van der Waals surface area contributed by atoms with Crippen LogP contribution in [0.1, 0.15) is 17.1 Å². The van der Waals surface area contributed by atoms with Gasteiger partial charge in [0.25, 0.3) is 0 Å². The number of nitrogens with two attached hydrogens (primary N) is 1. The summed E-state index contributed by atoms with van der Waals surface area (Å²) in [5.74, 6) is 0.324. The molecule has 0 spiro atoms. The molecule has 0 radical (unpaired) electrons. The van der Waals surface area contributed by atoms with Crippen molar-refractivity contribution in [2.24, 2.45) is 17.9 Å². The minimum atomic E-state index is -4.56. The van der Waals surface area contributed by atoms with Crippen LogP contribution in [0.15, 0.2) is 52.1 Å². The van der Waals surface area contributed by atoms with Crippen LogP contribution in [0.5, 0.6) is 0 Å². The van der Waals surface area contributed by atoms with Gasteiger partial charge in [0.1, 0.15) is 11.4 Å². The molecule has 0 saturated carbocycles. The molecule has 3 rings (SSSR count). The van der Waals surface area contributed by atoms with Crippen LogP contribution in [-0.2, 0) is 24.7 Å². The Hall–Kier alpha value is -3.30. The fraction of sp³-hybridized carbons (Fsp3) is 0.188. The standard InChI is InChI=1S/C16H14F3N5O2/c1-24-12(8-14(21-24)16(17,18)19)15(20)23-25-9-11-7-13(26-22-11)10-5-3-2-4-6-10/h2-8H,9H2,1H3,(H2,20,23). The molecule has 2 aromatic heterocycles. The third kappa shape index (κ3) is 3.85. The zero-order chi connectivity index (χ0) is 18.7. The van der Waals surface area contributed by atoms with Crippen molar-refractivity contribution >= 4 is 5.84 Å². The highest BCUT2D eigenvalue weighted by molar-refractivity contribution is 5.95. The van der Waals surface area contributed by atoms with E-state index in [0.29, 0.717) is 11.5 Å². The monoisotopic (exact) mass is 365 g/mol. The van der Waals surface area contributed by atoms with Crippen molar-refractivity contribution in [3.8, 4) is 11.3 Å². The molecule has 0 unspecified atom stereocenters. The van der Waals surface area contributed by atoms with E-state index < -0.39 is 11.9 Å². The van der Waals surface area contributed by atoms with E-state index >= 15 is 0 Å². The molecule has 0 amide bonds. The van der Waals surface area contributed by atoms with Crippen molar-refractivity contribution in [1.29, 1.82) is 0 Å².